The summed E-state index contributed by atoms with van der Waals surface area (Å²) < 4.78 is 8.96. The number of fused-ring (bicyclic) bond motifs is 20. The Bertz CT molecular complexity index is 5140. The van der Waals surface area contributed by atoms with Crippen LogP contribution in [0.2, 0.25) is 0 Å². The van der Waals surface area contributed by atoms with Crippen LogP contribution in [0, 0.1) is 0 Å². The van der Waals surface area contributed by atoms with Crippen LogP contribution in [0.5, 0.6) is 0 Å². The molecule has 1 N–H and O–H groups in total. The minimum absolute atomic E-state index is 0. The average molecular weight is 1140 g/mol. The summed E-state index contributed by atoms with van der Waals surface area (Å²) >= 11 is 7.22. The quantitative estimate of drug-likeness (QED) is 0.182. The first-order valence-corrected chi connectivity index (χ1v) is 30.4. The van der Waals surface area contributed by atoms with Gasteiger partial charge in [-0.2, -0.15) is 0 Å². The topological polar surface area (TPSA) is 20.7 Å². The van der Waals surface area contributed by atoms with Gasteiger partial charge in [-0.05, 0) is 177 Å². The molecule has 5 heteroatoms. The van der Waals surface area contributed by atoms with Crippen LogP contribution in [-0.2, 0) is 25.7 Å². The van der Waals surface area contributed by atoms with Gasteiger partial charge in [0.05, 0.1) is 11.0 Å². The SMILES string of the molecule is Brc1ccc(-c2ccc3sc4ccccc4c3c2)cc1.[2HH].c1ccc2c(c1)CCc1ccc3[nH]c4ccccc4c3c1-2.c1ccc2c(c1)CCc1ccc3c(c1-2)c1ccccc1n3-c1ccc(-c2ccc3sc4ccccc4c3c2)cc1. The smallest absolute Gasteiger partial charge is 0.0547 e. The van der Waals surface area contributed by atoms with Gasteiger partial charge in [-0.15, -0.1) is 22.7 Å². The van der Waals surface area contributed by atoms with E-state index in [9.17, 15) is 0 Å². The fourth-order valence-corrected chi connectivity index (χ4v) is 15.6. The summed E-state index contributed by atoms with van der Waals surface area (Å²) in [6, 6.07) is 93.1. The number of benzene rings is 12. The molecule has 12 aromatic carbocycles. The highest BCUT2D eigenvalue weighted by atomic mass is 79.9. The summed E-state index contributed by atoms with van der Waals surface area (Å²) in [6.45, 7) is 0. The molecule has 2 aliphatic rings. The van der Waals surface area contributed by atoms with Gasteiger partial charge in [-0.3, -0.25) is 0 Å². The molecule has 0 aliphatic heterocycles. The maximum absolute atomic E-state index is 3.56. The van der Waals surface area contributed by atoms with Crippen molar-refractivity contribution in [3.8, 4) is 50.2 Å². The second-order valence-corrected chi connectivity index (χ2v) is 24.6. The van der Waals surface area contributed by atoms with Gasteiger partial charge >= 0.3 is 0 Å². The number of aromatic amines is 1. The van der Waals surface area contributed by atoms with Crippen molar-refractivity contribution in [1.82, 2.24) is 9.55 Å². The minimum Gasteiger partial charge on any atom is -0.354 e. The molecule has 0 atom stereocenters. The van der Waals surface area contributed by atoms with Crippen LogP contribution < -0.4 is 0 Å². The van der Waals surface area contributed by atoms with E-state index in [-0.39, 0.29) is 1.43 Å². The molecule has 81 heavy (non-hydrogen) atoms. The normalized spacial score (nSPS) is 12.6. The van der Waals surface area contributed by atoms with Crippen LogP contribution in [0.1, 0.15) is 23.7 Å². The fraction of sp³-hybridized carbons (Fsp3) is 0.0526. The van der Waals surface area contributed by atoms with Crippen LogP contribution in [0.15, 0.2) is 259 Å². The van der Waals surface area contributed by atoms with Crippen molar-refractivity contribution in [1.29, 1.82) is 0 Å². The van der Waals surface area contributed by atoms with E-state index >= 15 is 0 Å². The van der Waals surface area contributed by atoms with Crippen molar-refractivity contribution in [2.45, 2.75) is 25.7 Å². The van der Waals surface area contributed by atoms with Gasteiger partial charge < -0.3 is 9.55 Å². The monoisotopic (exact) mass is 1140 g/mol. The molecule has 0 unspecified atom stereocenters. The third-order valence-corrected chi connectivity index (χ3v) is 19.8. The van der Waals surface area contributed by atoms with Gasteiger partial charge in [0.15, 0.2) is 0 Å². The van der Waals surface area contributed by atoms with E-state index in [1.807, 2.05) is 22.7 Å². The number of nitrogens with zero attached hydrogens (tertiary/aromatic N) is 1. The van der Waals surface area contributed by atoms with Crippen molar-refractivity contribution in [2.24, 2.45) is 0 Å². The van der Waals surface area contributed by atoms with Gasteiger partial charge in [-0.1, -0.05) is 186 Å². The fourth-order valence-electron chi connectivity index (χ4n) is 13.2. The Morgan fingerprint density at radius 2 is 0.802 bits per heavy atom. The number of para-hydroxylation sites is 2. The van der Waals surface area contributed by atoms with Crippen molar-refractivity contribution >= 4 is 123 Å². The van der Waals surface area contributed by atoms with Gasteiger partial charge in [0, 0.05) is 84.5 Å². The first kappa shape index (κ1) is 48.1. The first-order valence-electron chi connectivity index (χ1n) is 28.0. The van der Waals surface area contributed by atoms with E-state index in [1.165, 1.54) is 156 Å². The highest BCUT2D eigenvalue weighted by Crippen LogP contribution is 2.46. The summed E-state index contributed by atoms with van der Waals surface area (Å²) in [5.74, 6) is 0. The molecule has 0 amide bonds. The summed E-state index contributed by atoms with van der Waals surface area (Å²) in [5, 5.41) is 10.8. The standard InChI is InChI=1S/C38H25NS.C20H15N.C18H11BrS.H2/c1-2-8-29-25(7-1)13-14-26-17-21-34-38(37(26)29)31-10-3-5-11-33(31)39(34)28-19-15-24(16-20-28)27-18-22-36-32(23-27)30-9-4-6-12-35(30)40-36;1-2-6-15-13(5-1)9-10-14-11-12-18-20(19(14)15)16-7-3-4-8-17(16)21-18;19-14-8-5-12(6-9-14)13-7-10-18-16(11-13)15-3-1-2-4-17(15)20-18;/h1-12,15-23H,13-14H2;1-8,11-12,21H,9-10H2;1-11H;1H/i;;;1+1. The molecule has 2 aliphatic carbocycles. The number of H-pyrrole nitrogens is 1. The zero-order valence-corrected chi connectivity index (χ0v) is 47.4. The lowest BCUT2D eigenvalue weighted by Gasteiger charge is -2.21. The van der Waals surface area contributed by atoms with E-state index in [0.29, 0.717) is 0 Å². The average Bonchev–Trinajstić information content (AvgIpc) is 3.33. The highest BCUT2D eigenvalue weighted by Gasteiger charge is 2.24. The minimum atomic E-state index is 0. The van der Waals surface area contributed by atoms with Gasteiger partial charge in [-0.25, -0.2) is 0 Å². The molecule has 4 aromatic heterocycles. The second-order valence-electron chi connectivity index (χ2n) is 21.5. The third kappa shape index (κ3) is 8.25. The molecule has 4 heterocycles. The number of hydrogen-bond donors (Lipinski definition) is 1. The Kier molecular flexibility index (Phi) is 11.7. The van der Waals surface area contributed by atoms with E-state index in [4.69, 9.17) is 0 Å². The predicted octanol–water partition coefficient (Wildman–Crippen LogP) is 22.4. The van der Waals surface area contributed by atoms with E-state index in [2.05, 4.69) is 280 Å². The third-order valence-electron chi connectivity index (χ3n) is 17.0. The highest BCUT2D eigenvalue weighted by molar-refractivity contribution is 9.10. The van der Waals surface area contributed by atoms with Crippen LogP contribution in [0.3, 0.4) is 0 Å². The molecule has 0 saturated carbocycles. The Hall–Kier alpha value is -8.84. The number of halogens is 1. The number of thiophene rings is 2. The van der Waals surface area contributed by atoms with Crippen molar-refractivity contribution < 1.29 is 1.43 Å². The zero-order valence-electron chi connectivity index (χ0n) is 44.2. The Morgan fingerprint density at radius 1 is 0.333 bits per heavy atom. The molecule has 0 spiro atoms. The molecule has 0 bridgehead atoms. The Morgan fingerprint density at radius 3 is 1.43 bits per heavy atom. The Labute approximate surface area is 487 Å². The van der Waals surface area contributed by atoms with Gasteiger partial charge in [0.25, 0.3) is 0 Å². The summed E-state index contributed by atoms with van der Waals surface area (Å²) in [5.41, 5.74) is 22.8. The molecular formula is C76H53BrN2S2. The molecular weight excluding hydrogens is 1080 g/mol. The lowest BCUT2D eigenvalue weighted by atomic mass is 9.83. The van der Waals surface area contributed by atoms with Crippen molar-refractivity contribution in [3.63, 3.8) is 0 Å². The molecule has 0 radical (unpaired) electrons. The maximum Gasteiger partial charge on any atom is 0.0547 e. The number of nitrogens with one attached hydrogen (secondary N) is 1. The first-order chi connectivity index (χ1) is 40.1. The predicted molar refractivity (Wildman–Crippen MR) is 355 cm³/mol. The van der Waals surface area contributed by atoms with E-state index in [0.717, 1.165) is 30.2 Å². The number of rotatable bonds is 3. The van der Waals surface area contributed by atoms with Crippen LogP contribution in [-0.4, -0.2) is 9.55 Å². The number of hydrogen-bond acceptors (Lipinski definition) is 2. The molecule has 0 saturated heterocycles. The lowest BCUT2D eigenvalue weighted by Crippen LogP contribution is -2.04. The van der Waals surface area contributed by atoms with Crippen LogP contribution >= 0.6 is 38.6 Å². The van der Waals surface area contributed by atoms with Crippen molar-refractivity contribution in [2.75, 3.05) is 0 Å². The lowest BCUT2D eigenvalue weighted by molar-refractivity contribution is 0.945. The zero-order chi connectivity index (χ0) is 53.5. The molecule has 2 nitrogen and oxygen atoms in total. The molecule has 386 valence electrons. The second kappa shape index (κ2) is 19.8. The number of aromatic nitrogens is 2. The largest absolute Gasteiger partial charge is 0.354 e. The summed E-state index contributed by atoms with van der Waals surface area (Å²) in [7, 11) is 0. The molecule has 16 aromatic rings. The maximum atomic E-state index is 3.56. The van der Waals surface area contributed by atoms with Gasteiger partial charge in [0.1, 0.15) is 0 Å². The van der Waals surface area contributed by atoms with Crippen LogP contribution in [0.4, 0.5) is 0 Å². The summed E-state index contributed by atoms with van der Waals surface area (Å²) in [6.07, 6.45) is 4.50. The summed E-state index contributed by atoms with van der Waals surface area (Å²) in [4.78, 5) is 3.56. The van der Waals surface area contributed by atoms with E-state index < -0.39 is 0 Å². The van der Waals surface area contributed by atoms with Crippen LogP contribution in [0.25, 0.3) is 134 Å². The molecule has 18 rings (SSSR count). The van der Waals surface area contributed by atoms with Gasteiger partial charge in [0.2, 0.25) is 0 Å². The van der Waals surface area contributed by atoms with Crippen molar-refractivity contribution in [3.05, 3.63) is 282 Å². The molecule has 0 fully saturated rings. The Balaban J connectivity index is 0.000000115. The number of aryl methyl sites for hydroxylation is 4. The van der Waals surface area contributed by atoms with E-state index in [1.54, 1.807) is 0 Å².